The number of nitrogens with one attached hydrogen (secondary N) is 1. The van der Waals surface area contributed by atoms with Gasteiger partial charge in [-0.25, -0.2) is 0 Å². The molecule has 2 aromatic rings. The molecule has 104 valence electrons. The number of hydrogen-bond donors (Lipinski definition) is 1. The first-order valence-electron chi connectivity index (χ1n) is 6.46. The maximum absolute atomic E-state index is 11.7. The van der Waals surface area contributed by atoms with Crippen LogP contribution in [0.1, 0.15) is 18.2 Å². The van der Waals surface area contributed by atoms with Crippen LogP contribution in [-0.2, 0) is 16.8 Å². The fraction of sp³-hybridized carbons (Fsp3) is 0.250. The topological polar surface area (TPSA) is 42.0 Å². The van der Waals surface area contributed by atoms with Crippen molar-refractivity contribution in [1.29, 1.82) is 0 Å². The molecule has 20 heavy (non-hydrogen) atoms. The Morgan fingerprint density at radius 3 is 2.50 bits per heavy atom. The van der Waals surface area contributed by atoms with Crippen LogP contribution in [-0.4, -0.2) is 16.8 Å². The van der Waals surface area contributed by atoms with Gasteiger partial charge in [0.05, 0.1) is 5.54 Å². The van der Waals surface area contributed by atoms with Crippen molar-refractivity contribution >= 4 is 17.5 Å². The third-order valence-electron chi connectivity index (χ3n) is 3.21. The average molecular weight is 289 g/mol. The lowest BCUT2D eigenvalue weighted by Gasteiger charge is -2.31. The summed E-state index contributed by atoms with van der Waals surface area (Å²) in [5, 5.41) is 3.00. The molecule has 0 aliphatic rings. The van der Waals surface area contributed by atoms with Gasteiger partial charge in [-0.05, 0) is 24.6 Å². The number of nitrogens with zero attached hydrogens (tertiary/aromatic N) is 1. The molecule has 1 heterocycles. The Balaban J connectivity index is 2.31. The van der Waals surface area contributed by atoms with E-state index in [0.29, 0.717) is 6.42 Å². The Morgan fingerprint density at radius 1 is 1.20 bits per heavy atom. The van der Waals surface area contributed by atoms with E-state index in [2.05, 4.69) is 10.3 Å². The first-order valence-corrected chi connectivity index (χ1v) is 7.00. The summed E-state index contributed by atoms with van der Waals surface area (Å²) in [6, 6.07) is 15.6. The third-order valence-corrected chi connectivity index (χ3v) is 3.45. The minimum Gasteiger partial charge on any atom is -0.345 e. The highest BCUT2D eigenvalue weighted by molar-refractivity contribution is 6.27. The van der Waals surface area contributed by atoms with Crippen LogP contribution < -0.4 is 5.32 Å². The van der Waals surface area contributed by atoms with Crippen LogP contribution in [0.5, 0.6) is 0 Å². The first kappa shape index (κ1) is 14.5. The molecule has 0 aliphatic carbocycles. The summed E-state index contributed by atoms with van der Waals surface area (Å²) in [5.74, 6) is -0.237. The molecule has 4 heteroatoms. The predicted octanol–water partition coefficient (Wildman–Crippen LogP) is 2.89. The normalized spacial score (nSPS) is 13.5. The molecular weight excluding hydrogens is 272 g/mol. The average Bonchev–Trinajstić information content (AvgIpc) is 2.49. The number of carbonyl (C=O) groups excluding carboxylic acids is 1. The van der Waals surface area contributed by atoms with Gasteiger partial charge in [-0.15, -0.1) is 11.6 Å². The van der Waals surface area contributed by atoms with E-state index in [9.17, 15) is 4.79 Å². The molecule has 0 saturated carbocycles. The van der Waals surface area contributed by atoms with Gasteiger partial charge in [0.1, 0.15) is 5.88 Å². The van der Waals surface area contributed by atoms with Crippen molar-refractivity contribution in [1.82, 2.24) is 10.3 Å². The highest BCUT2D eigenvalue weighted by atomic mass is 35.5. The van der Waals surface area contributed by atoms with Crippen molar-refractivity contribution in [3.05, 3.63) is 66.0 Å². The number of carbonyl (C=O) groups is 1. The Morgan fingerprint density at radius 2 is 1.90 bits per heavy atom. The third kappa shape index (κ3) is 3.58. The zero-order valence-corrected chi connectivity index (χ0v) is 12.1. The molecule has 1 aromatic carbocycles. The molecule has 1 unspecified atom stereocenters. The summed E-state index contributed by atoms with van der Waals surface area (Å²) < 4.78 is 0. The van der Waals surface area contributed by atoms with Crippen molar-refractivity contribution in [3.63, 3.8) is 0 Å². The molecule has 1 aromatic heterocycles. The van der Waals surface area contributed by atoms with Crippen LogP contribution in [0.4, 0.5) is 0 Å². The van der Waals surface area contributed by atoms with Crippen LogP contribution in [0.3, 0.4) is 0 Å². The van der Waals surface area contributed by atoms with Crippen molar-refractivity contribution in [2.75, 3.05) is 5.88 Å². The molecule has 3 nitrogen and oxygen atoms in total. The van der Waals surface area contributed by atoms with Crippen LogP contribution in [0.2, 0.25) is 0 Å². The highest BCUT2D eigenvalue weighted by Gasteiger charge is 2.29. The van der Waals surface area contributed by atoms with Crippen LogP contribution in [0, 0.1) is 0 Å². The molecule has 0 spiro atoms. The molecule has 0 aliphatic heterocycles. The standard InChI is InChI=1S/C16H17ClN2O/c1-16(19-15(20)12-17,13-7-3-2-4-8-13)11-14-9-5-6-10-18-14/h2-10H,11-12H2,1H3,(H,19,20). The lowest BCUT2D eigenvalue weighted by molar-refractivity contribution is -0.120. The van der Waals surface area contributed by atoms with Gasteiger partial charge in [0, 0.05) is 18.3 Å². The molecular formula is C16H17ClN2O. The zero-order valence-electron chi connectivity index (χ0n) is 11.3. The molecule has 1 atom stereocenters. The van der Waals surface area contributed by atoms with E-state index in [4.69, 9.17) is 11.6 Å². The maximum Gasteiger partial charge on any atom is 0.235 e. The van der Waals surface area contributed by atoms with Gasteiger partial charge in [-0.2, -0.15) is 0 Å². The maximum atomic E-state index is 11.7. The van der Waals surface area contributed by atoms with E-state index >= 15 is 0 Å². The summed E-state index contributed by atoms with van der Waals surface area (Å²) in [6.07, 6.45) is 2.37. The summed E-state index contributed by atoms with van der Waals surface area (Å²) in [7, 11) is 0. The van der Waals surface area contributed by atoms with E-state index in [0.717, 1.165) is 11.3 Å². The minimum absolute atomic E-state index is 0.0510. The highest BCUT2D eigenvalue weighted by Crippen LogP contribution is 2.24. The summed E-state index contributed by atoms with van der Waals surface area (Å²) in [4.78, 5) is 16.1. The van der Waals surface area contributed by atoms with Crippen molar-refractivity contribution in [2.45, 2.75) is 18.9 Å². The summed E-state index contributed by atoms with van der Waals surface area (Å²) in [5.41, 5.74) is 1.43. The Hall–Kier alpha value is -1.87. The minimum atomic E-state index is -0.526. The number of halogens is 1. The van der Waals surface area contributed by atoms with Crippen LogP contribution >= 0.6 is 11.6 Å². The lowest BCUT2D eigenvalue weighted by Crippen LogP contribution is -2.45. The fourth-order valence-electron chi connectivity index (χ4n) is 2.23. The second-order valence-electron chi connectivity index (χ2n) is 4.88. The van der Waals surface area contributed by atoms with Gasteiger partial charge >= 0.3 is 0 Å². The quantitative estimate of drug-likeness (QED) is 0.860. The number of benzene rings is 1. The van der Waals surface area contributed by atoms with Gasteiger partial charge in [-0.3, -0.25) is 9.78 Å². The van der Waals surface area contributed by atoms with Crippen molar-refractivity contribution in [3.8, 4) is 0 Å². The fourth-order valence-corrected chi connectivity index (χ4v) is 2.30. The number of hydrogen-bond acceptors (Lipinski definition) is 2. The largest absolute Gasteiger partial charge is 0.345 e. The number of alkyl halides is 1. The first-order chi connectivity index (χ1) is 9.64. The molecule has 1 amide bonds. The summed E-state index contributed by atoms with van der Waals surface area (Å²) >= 11 is 5.62. The number of rotatable bonds is 5. The van der Waals surface area contributed by atoms with Gasteiger partial charge in [-0.1, -0.05) is 36.4 Å². The van der Waals surface area contributed by atoms with Gasteiger partial charge < -0.3 is 5.32 Å². The SMILES string of the molecule is CC(Cc1ccccn1)(NC(=O)CCl)c1ccccc1. The van der Waals surface area contributed by atoms with E-state index in [1.165, 1.54) is 0 Å². The van der Waals surface area contributed by atoms with Gasteiger partial charge in [0.15, 0.2) is 0 Å². The van der Waals surface area contributed by atoms with Crippen molar-refractivity contribution in [2.24, 2.45) is 0 Å². The van der Waals surface area contributed by atoms with E-state index < -0.39 is 5.54 Å². The number of aromatic nitrogens is 1. The Bertz CT molecular complexity index is 559. The Labute approximate surface area is 124 Å². The summed E-state index contributed by atoms with van der Waals surface area (Å²) in [6.45, 7) is 1.99. The predicted molar refractivity (Wildman–Crippen MR) is 80.6 cm³/mol. The van der Waals surface area contributed by atoms with E-state index in [1.54, 1.807) is 6.20 Å². The number of pyridine rings is 1. The zero-order chi connectivity index (χ0) is 14.4. The molecule has 1 N–H and O–H groups in total. The lowest BCUT2D eigenvalue weighted by atomic mass is 9.87. The van der Waals surface area contributed by atoms with Crippen LogP contribution in [0.25, 0.3) is 0 Å². The molecule has 0 saturated heterocycles. The molecule has 2 rings (SSSR count). The molecule has 0 bridgehead atoms. The van der Waals surface area contributed by atoms with Gasteiger partial charge in [0.2, 0.25) is 5.91 Å². The second kappa shape index (κ2) is 6.53. The number of amides is 1. The molecule has 0 radical (unpaired) electrons. The van der Waals surface area contributed by atoms with Crippen molar-refractivity contribution < 1.29 is 4.79 Å². The van der Waals surface area contributed by atoms with Gasteiger partial charge in [0.25, 0.3) is 0 Å². The molecule has 0 fully saturated rings. The second-order valence-corrected chi connectivity index (χ2v) is 5.15. The van der Waals surface area contributed by atoms with E-state index in [1.807, 2.05) is 55.5 Å². The van der Waals surface area contributed by atoms with Crippen LogP contribution in [0.15, 0.2) is 54.7 Å². The smallest absolute Gasteiger partial charge is 0.235 e. The monoisotopic (exact) mass is 288 g/mol. The Kier molecular flexibility index (Phi) is 4.74. The van der Waals surface area contributed by atoms with E-state index in [-0.39, 0.29) is 11.8 Å².